The maximum absolute atomic E-state index is 12.3. The van der Waals surface area contributed by atoms with Crippen molar-refractivity contribution in [3.63, 3.8) is 0 Å². The maximum atomic E-state index is 12.3. The fraction of sp³-hybridized carbons (Fsp3) is 0.444. The Hall–Kier alpha value is -2.01. The molecule has 0 aromatic heterocycles. The van der Waals surface area contributed by atoms with Crippen molar-refractivity contribution in [1.29, 1.82) is 0 Å². The average molecular weight is 353 g/mol. The fourth-order valence-electron chi connectivity index (χ4n) is 2.68. The lowest BCUT2D eigenvalue weighted by molar-refractivity contribution is -0.118. The minimum Gasteiger partial charge on any atom is -0.507 e. The predicted octanol–water partition coefficient (Wildman–Crippen LogP) is 3.93. The number of allylic oxidation sites excluding steroid dienone is 1. The number of carbonyl (C=O) groups excluding carboxylic acids is 2. The second kappa shape index (κ2) is 8.73. The van der Waals surface area contributed by atoms with Crippen molar-refractivity contribution in [2.45, 2.75) is 44.9 Å². The third kappa shape index (κ3) is 4.74. The second-order valence-corrected chi connectivity index (χ2v) is 6.20. The Morgan fingerprint density at radius 1 is 1.00 bits per heavy atom. The molecule has 0 saturated heterocycles. The lowest BCUT2D eigenvalue weighted by Gasteiger charge is -2.13. The summed E-state index contributed by atoms with van der Waals surface area (Å²) in [5, 5.41) is 19.7. The minimum absolute atomic E-state index is 0.0736. The SMILES string of the molecule is O=C1CCCCCC/C=C/COC(=O)c2c(O)cc(O)c(Cl)c2C1. The lowest BCUT2D eigenvalue weighted by Crippen LogP contribution is -2.13. The molecule has 5 nitrogen and oxygen atoms in total. The Morgan fingerprint density at radius 2 is 1.75 bits per heavy atom. The number of ketones is 1. The van der Waals surface area contributed by atoms with Crippen molar-refractivity contribution in [2.75, 3.05) is 6.61 Å². The number of carbonyl (C=O) groups is 2. The van der Waals surface area contributed by atoms with Crippen molar-refractivity contribution in [3.8, 4) is 11.5 Å². The molecule has 0 amide bonds. The van der Waals surface area contributed by atoms with Crippen LogP contribution in [-0.2, 0) is 16.0 Å². The predicted molar refractivity (Wildman–Crippen MR) is 90.6 cm³/mol. The van der Waals surface area contributed by atoms with Crippen LogP contribution >= 0.6 is 11.6 Å². The van der Waals surface area contributed by atoms with Gasteiger partial charge in [0.05, 0.1) is 5.02 Å². The summed E-state index contributed by atoms with van der Waals surface area (Å²) in [4.78, 5) is 24.4. The summed E-state index contributed by atoms with van der Waals surface area (Å²) in [5.74, 6) is -1.68. The average Bonchev–Trinajstić information content (AvgIpc) is 2.53. The third-order valence-electron chi connectivity index (χ3n) is 3.95. The van der Waals surface area contributed by atoms with Gasteiger partial charge in [0.1, 0.15) is 29.5 Å². The first-order valence-electron chi connectivity index (χ1n) is 8.08. The number of esters is 1. The number of halogens is 1. The highest BCUT2D eigenvalue weighted by Gasteiger charge is 2.24. The molecule has 1 aromatic rings. The van der Waals surface area contributed by atoms with Crippen LogP contribution in [0.5, 0.6) is 11.5 Å². The van der Waals surface area contributed by atoms with Crippen molar-refractivity contribution in [3.05, 3.63) is 34.4 Å². The highest BCUT2D eigenvalue weighted by Crippen LogP contribution is 2.37. The Labute approximate surface area is 145 Å². The summed E-state index contributed by atoms with van der Waals surface area (Å²) in [5.41, 5.74) is -0.0440. The number of phenols is 2. The molecule has 0 radical (unpaired) electrons. The van der Waals surface area contributed by atoms with Crippen LogP contribution in [0.2, 0.25) is 5.02 Å². The van der Waals surface area contributed by atoms with Gasteiger partial charge >= 0.3 is 5.97 Å². The molecular weight excluding hydrogens is 332 g/mol. The molecule has 0 saturated carbocycles. The smallest absolute Gasteiger partial charge is 0.342 e. The highest BCUT2D eigenvalue weighted by molar-refractivity contribution is 6.33. The van der Waals surface area contributed by atoms with Crippen LogP contribution < -0.4 is 0 Å². The van der Waals surface area contributed by atoms with Crippen LogP contribution in [-0.4, -0.2) is 28.6 Å². The fourth-order valence-corrected chi connectivity index (χ4v) is 2.90. The van der Waals surface area contributed by atoms with E-state index in [0.29, 0.717) is 6.42 Å². The Kier molecular flexibility index (Phi) is 6.67. The van der Waals surface area contributed by atoms with Crippen LogP contribution in [0.15, 0.2) is 18.2 Å². The number of hydrogen-bond acceptors (Lipinski definition) is 5. The summed E-state index contributed by atoms with van der Waals surface area (Å²) >= 11 is 6.06. The molecular formula is C18H21ClO5. The summed E-state index contributed by atoms with van der Waals surface area (Å²) in [7, 11) is 0. The summed E-state index contributed by atoms with van der Waals surface area (Å²) < 4.78 is 5.12. The van der Waals surface area contributed by atoms with Gasteiger partial charge < -0.3 is 14.9 Å². The summed E-state index contributed by atoms with van der Waals surface area (Å²) in [6.45, 7) is 0.0736. The van der Waals surface area contributed by atoms with Crippen LogP contribution in [0.3, 0.4) is 0 Å². The molecule has 1 aromatic carbocycles. The molecule has 0 unspecified atom stereocenters. The number of phenolic OH excluding ortho intramolecular Hbond substituents is 2. The summed E-state index contributed by atoms with van der Waals surface area (Å²) in [6.07, 6.45) is 8.64. The van der Waals surface area contributed by atoms with E-state index in [9.17, 15) is 19.8 Å². The molecule has 0 fully saturated rings. The number of hydrogen-bond donors (Lipinski definition) is 2. The Bertz CT molecular complexity index is 651. The topological polar surface area (TPSA) is 83.8 Å². The quantitative estimate of drug-likeness (QED) is 0.546. The number of fused-ring (bicyclic) bond motifs is 1. The minimum atomic E-state index is -0.767. The van der Waals surface area contributed by atoms with Gasteiger partial charge in [-0.3, -0.25) is 4.79 Å². The van der Waals surface area contributed by atoms with E-state index in [4.69, 9.17) is 16.3 Å². The van der Waals surface area contributed by atoms with E-state index in [1.807, 2.05) is 6.08 Å². The first kappa shape index (κ1) is 18.3. The Morgan fingerprint density at radius 3 is 2.54 bits per heavy atom. The Balaban J connectivity index is 2.35. The first-order chi connectivity index (χ1) is 11.5. The van der Waals surface area contributed by atoms with Gasteiger partial charge in [-0.2, -0.15) is 0 Å². The van der Waals surface area contributed by atoms with Crippen molar-refractivity contribution >= 4 is 23.4 Å². The van der Waals surface area contributed by atoms with E-state index in [2.05, 4.69) is 0 Å². The molecule has 1 aliphatic rings. The van der Waals surface area contributed by atoms with Crippen LogP contribution in [0.25, 0.3) is 0 Å². The molecule has 0 spiro atoms. The van der Waals surface area contributed by atoms with Crippen LogP contribution in [0.1, 0.15) is 54.4 Å². The largest absolute Gasteiger partial charge is 0.507 e. The van der Waals surface area contributed by atoms with Gasteiger partial charge in [-0.15, -0.1) is 0 Å². The molecule has 24 heavy (non-hydrogen) atoms. The van der Waals surface area contributed by atoms with E-state index < -0.39 is 11.7 Å². The molecule has 6 heteroatoms. The van der Waals surface area contributed by atoms with Gasteiger partial charge in [0.25, 0.3) is 0 Å². The zero-order chi connectivity index (χ0) is 17.5. The third-order valence-corrected chi connectivity index (χ3v) is 4.37. The highest BCUT2D eigenvalue weighted by atomic mass is 35.5. The second-order valence-electron chi connectivity index (χ2n) is 5.82. The molecule has 0 atom stereocenters. The number of rotatable bonds is 0. The van der Waals surface area contributed by atoms with Crippen molar-refractivity contribution in [1.82, 2.24) is 0 Å². The molecule has 0 bridgehead atoms. The van der Waals surface area contributed by atoms with Crippen molar-refractivity contribution < 1.29 is 24.5 Å². The number of cyclic esters (lactones) is 1. The van der Waals surface area contributed by atoms with Gasteiger partial charge in [-0.1, -0.05) is 36.6 Å². The van der Waals surface area contributed by atoms with Gasteiger partial charge in [-0.05, 0) is 19.3 Å². The van der Waals surface area contributed by atoms with E-state index in [-0.39, 0.29) is 40.7 Å². The van der Waals surface area contributed by atoms with E-state index in [1.54, 1.807) is 6.08 Å². The van der Waals surface area contributed by atoms with E-state index >= 15 is 0 Å². The number of Topliss-reactive ketones (excluding diaryl/α,β-unsaturated/α-hetero) is 1. The molecule has 1 heterocycles. The van der Waals surface area contributed by atoms with Crippen LogP contribution in [0, 0.1) is 0 Å². The maximum Gasteiger partial charge on any atom is 0.342 e. The molecule has 130 valence electrons. The zero-order valence-corrected chi connectivity index (χ0v) is 14.1. The lowest BCUT2D eigenvalue weighted by atomic mass is 9.98. The van der Waals surface area contributed by atoms with Gasteiger partial charge in [0.2, 0.25) is 0 Å². The zero-order valence-electron chi connectivity index (χ0n) is 13.4. The number of ether oxygens (including phenoxy) is 1. The normalized spacial score (nSPS) is 18.9. The monoisotopic (exact) mass is 352 g/mol. The summed E-state index contributed by atoms with van der Waals surface area (Å²) in [6, 6.07) is 0.983. The standard InChI is InChI=1S/C18H21ClO5/c19-17-13-10-12(20)8-6-4-2-1-3-5-7-9-24-18(23)16(13)14(21)11-15(17)22/h5,7,11,21-22H,1-4,6,8-10H2/b7-5+. The number of benzene rings is 1. The van der Waals surface area contributed by atoms with Crippen molar-refractivity contribution in [2.24, 2.45) is 0 Å². The van der Waals surface area contributed by atoms with E-state index in [0.717, 1.165) is 38.2 Å². The van der Waals surface area contributed by atoms with Crippen LogP contribution in [0.4, 0.5) is 0 Å². The molecule has 2 rings (SSSR count). The molecule has 0 aliphatic carbocycles. The van der Waals surface area contributed by atoms with Gasteiger partial charge in [0.15, 0.2) is 0 Å². The van der Waals surface area contributed by atoms with Gasteiger partial charge in [-0.25, -0.2) is 4.79 Å². The van der Waals surface area contributed by atoms with Gasteiger partial charge in [0, 0.05) is 24.5 Å². The first-order valence-corrected chi connectivity index (χ1v) is 8.45. The van der Waals surface area contributed by atoms with E-state index in [1.165, 1.54) is 0 Å². The molecule has 2 N–H and O–H groups in total. The molecule has 1 aliphatic heterocycles. The number of aromatic hydroxyl groups is 2.